The molecule has 1 amide bonds. The predicted molar refractivity (Wildman–Crippen MR) is 81.5 cm³/mol. The molecule has 1 aromatic heterocycles. The van der Waals surface area contributed by atoms with Gasteiger partial charge in [-0.2, -0.15) is 0 Å². The number of aromatic nitrogens is 2. The van der Waals surface area contributed by atoms with Crippen molar-refractivity contribution in [2.24, 2.45) is 0 Å². The molecule has 2 fully saturated rings. The normalized spacial score (nSPS) is 20.6. The maximum absolute atomic E-state index is 12.5. The van der Waals surface area contributed by atoms with E-state index in [0.29, 0.717) is 5.69 Å². The topological polar surface area (TPSA) is 52.6 Å². The molecule has 2 saturated heterocycles. The van der Waals surface area contributed by atoms with Crippen molar-refractivity contribution in [1.29, 1.82) is 0 Å². The Balaban J connectivity index is 1.66. The summed E-state index contributed by atoms with van der Waals surface area (Å²) in [5, 5.41) is 8.38. The minimum absolute atomic E-state index is 0.00534. The lowest BCUT2D eigenvalue weighted by Gasteiger charge is -2.20. The first-order valence-corrected chi connectivity index (χ1v) is 7.80. The third-order valence-electron chi connectivity index (χ3n) is 4.31. The number of nitrogens with zero attached hydrogens (tertiary/aromatic N) is 5. The Morgan fingerprint density at radius 3 is 2.48 bits per heavy atom. The van der Waals surface area contributed by atoms with E-state index >= 15 is 0 Å². The second-order valence-electron chi connectivity index (χ2n) is 5.92. The van der Waals surface area contributed by atoms with E-state index in [4.69, 9.17) is 0 Å². The molecule has 6 nitrogen and oxygen atoms in total. The van der Waals surface area contributed by atoms with Crippen molar-refractivity contribution in [2.45, 2.75) is 19.3 Å². The van der Waals surface area contributed by atoms with Gasteiger partial charge < -0.3 is 14.7 Å². The Hall–Kier alpha value is -1.69. The largest absolute Gasteiger partial charge is 0.355 e. The number of likely N-dealkylation sites (N-methyl/N-ethyl adjacent to an activating group) is 1. The van der Waals surface area contributed by atoms with E-state index in [1.165, 1.54) is 12.8 Å². The van der Waals surface area contributed by atoms with Gasteiger partial charge in [0.15, 0.2) is 11.5 Å². The molecule has 2 aliphatic rings. The van der Waals surface area contributed by atoms with Crippen LogP contribution in [0.25, 0.3) is 0 Å². The van der Waals surface area contributed by atoms with E-state index in [9.17, 15) is 4.79 Å². The van der Waals surface area contributed by atoms with Crippen molar-refractivity contribution in [3.63, 3.8) is 0 Å². The fourth-order valence-corrected chi connectivity index (χ4v) is 2.97. The van der Waals surface area contributed by atoms with E-state index in [2.05, 4.69) is 27.0 Å². The number of anilines is 1. The van der Waals surface area contributed by atoms with Crippen LogP contribution in [0.2, 0.25) is 0 Å². The van der Waals surface area contributed by atoms with Gasteiger partial charge in [-0.15, -0.1) is 10.2 Å². The number of carbonyl (C=O) groups excluding carboxylic acids is 1. The van der Waals surface area contributed by atoms with E-state index < -0.39 is 0 Å². The highest BCUT2D eigenvalue weighted by molar-refractivity contribution is 5.92. The Morgan fingerprint density at radius 1 is 0.952 bits per heavy atom. The van der Waals surface area contributed by atoms with Crippen molar-refractivity contribution >= 4 is 11.7 Å². The fourth-order valence-electron chi connectivity index (χ4n) is 2.97. The molecule has 0 unspecified atom stereocenters. The predicted octanol–water partition coefficient (Wildman–Crippen LogP) is 0.854. The number of hydrogen-bond acceptors (Lipinski definition) is 5. The van der Waals surface area contributed by atoms with Crippen molar-refractivity contribution in [3.8, 4) is 0 Å². The van der Waals surface area contributed by atoms with Crippen molar-refractivity contribution in [1.82, 2.24) is 20.0 Å². The van der Waals surface area contributed by atoms with Crippen LogP contribution in [-0.4, -0.2) is 72.2 Å². The summed E-state index contributed by atoms with van der Waals surface area (Å²) in [6.45, 7) is 5.62. The third-order valence-corrected chi connectivity index (χ3v) is 4.31. The minimum Gasteiger partial charge on any atom is -0.355 e. The maximum atomic E-state index is 12.5. The van der Waals surface area contributed by atoms with Gasteiger partial charge in [0, 0.05) is 32.7 Å². The van der Waals surface area contributed by atoms with Crippen LogP contribution in [-0.2, 0) is 0 Å². The summed E-state index contributed by atoms with van der Waals surface area (Å²) in [7, 11) is 2.10. The molecule has 6 heteroatoms. The highest BCUT2D eigenvalue weighted by Crippen LogP contribution is 2.17. The van der Waals surface area contributed by atoms with E-state index in [1.54, 1.807) is 0 Å². The number of rotatable bonds is 2. The summed E-state index contributed by atoms with van der Waals surface area (Å²) in [6, 6.07) is 3.74. The second-order valence-corrected chi connectivity index (χ2v) is 5.92. The first-order valence-electron chi connectivity index (χ1n) is 7.80. The summed E-state index contributed by atoms with van der Waals surface area (Å²) in [4.78, 5) is 18.9. The van der Waals surface area contributed by atoms with Crippen LogP contribution in [0.1, 0.15) is 29.8 Å². The standard InChI is InChI=1S/C15H23N5O/c1-18-7-4-10-20(12-11-18)15(21)13-5-6-14(17-16-13)19-8-2-3-9-19/h5-6H,2-4,7-12H2,1H3. The molecule has 0 aliphatic carbocycles. The average Bonchev–Trinajstić information content (AvgIpc) is 2.96. The third kappa shape index (κ3) is 3.32. The second kappa shape index (κ2) is 6.39. The molecule has 0 radical (unpaired) electrons. The Morgan fingerprint density at radius 2 is 1.76 bits per heavy atom. The molecule has 0 spiro atoms. The fraction of sp³-hybridized carbons (Fsp3) is 0.667. The van der Waals surface area contributed by atoms with Gasteiger partial charge in [-0.1, -0.05) is 0 Å². The first kappa shape index (κ1) is 14.3. The van der Waals surface area contributed by atoms with Crippen molar-refractivity contribution < 1.29 is 4.79 Å². The molecule has 3 rings (SSSR count). The van der Waals surface area contributed by atoms with Crippen LogP contribution in [0.4, 0.5) is 5.82 Å². The lowest BCUT2D eigenvalue weighted by atomic mass is 10.3. The maximum Gasteiger partial charge on any atom is 0.274 e. The summed E-state index contributed by atoms with van der Waals surface area (Å²) in [5.74, 6) is 0.894. The molecule has 114 valence electrons. The highest BCUT2D eigenvalue weighted by Gasteiger charge is 2.21. The average molecular weight is 289 g/mol. The summed E-state index contributed by atoms with van der Waals surface area (Å²) < 4.78 is 0. The molecule has 2 aliphatic heterocycles. The molecule has 1 aromatic rings. The monoisotopic (exact) mass is 289 g/mol. The zero-order valence-electron chi connectivity index (χ0n) is 12.7. The van der Waals surface area contributed by atoms with Crippen LogP contribution in [0.15, 0.2) is 12.1 Å². The van der Waals surface area contributed by atoms with Gasteiger partial charge in [0.25, 0.3) is 5.91 Å². The molecule has 0 N–H and O–H groups in total. The zero-order chi connectivity index (χ0) is 14.7. The van der Waals surface area contributed by atoms with Crippen LogP contribution < -0.4 is 4.90 Å². The van der Waals surface area contributed by atoms with Crippen LogP contribution in [0.5, 0.6) is 0 Å². The van der Waals surface area contributed by atoms with E-state index in [1.807, 2.05) is 17.0 Å². The van der Waals surface area contributed by atoms with Crippen molar-refractivity contribution in [2.75, 3.05) is 51.2 Å². The van der Waals surface area contributed by atoms with E-state index in [-0.39, 0.29) is 5.91 Å². The zero-order valence-corrected chi connectivity index (χ0v) is 12.7. The Bertz CT molecular complexity index is 483. The Kier molecular flexibility index (Phi) is 4.34. The van der Waals surface area contributed by atoms with Gasteiger partial charge in [0.1, 0.15) is 0 Å². The van der Waals surface area contributed by atoms with Crippen LogP contribution in [0.3, 0.4) is 0 Å². The molecule has 0 aromatic carbocycles. The lowest BCUT2D eigenvalue weighted by molar-refractivity contribution is 0.0756. The molecule has 0 saturated carbocycles. The quantitative estimate of drug-likeness (QED) is 0.808. The van der Waals surface area contributed by atoms with Gasteiger partial charge in [-0.3, -0.25) is 4.79 Å². The Labute approximate surface area is 125 Å². The number of hydrogen-bond donors (Lipinski definition) is 0. The SMILES string of the molecule is CN1CCCN(C(=O)c2ccc(N3CCCC3)nn2)CC1. The minimum atomic E-state index is 0.00534. The molecule has 0 atom stereocenters. The van der Waals surface area contributed by atoms with Gasteiger partial charge in [-0.05, 0) is 45.0 Å². The molecule has 21 heavy (non-hydrogen) atoms. The van der Waals surface area contributed by atoms with Crippen molar-refractivity contribution in [3.05, 3.63) is 17.8 Å². The summed E-state index contributed by atoms with van der Waals surface area (Å²) in [6.07, 6.45) is 3.44. The van der Waals surface area contributed by atoms with Gasteiger partial charge in [0.05, 0.1) is 0 Å². The van der Waals surface area contributed by atoms with Crippen LogP contribution in [0, 0.1) is 0 Å². The molecular weight excluding hydrogens is 266 g/mol. The summed E-state index contributed by atoms with van der Waals surface area (Å²) in [5.41, 5.74) is 0.461. The smallest absolute Gasteiger partial charge is 0.274 e. The van der Waals surface area contributed by atoms with Gasteiger partial charge in [-0.25, -0.2) is 0 Å². The van der Waals surface area contributed by atoms with E-state index in [0.717, 1.165) is 51.5 Å². The lowest BCUT2D eigenvalue weighted by Crippen LogP contribution is -2.35. The molecule has 3 heterocycles. The van der Waals surface area contributed by atoms with Gasteiger partial charge >= 0.3 is 0 Å². The number of carbonyl (C=O) groups is 1. The number of amides is 1. The van der Waals surface area contributed by atoms with Gasteiger partial charge in [0.2, 0.25) is 0 Å². The first-order chi connectivity index (χ1) is 10.2. The molecule has 0 bridgehead atoms. The van der Waals surface area contributed by atoms with Crippen LogP contribution >= 0.6 is 0 Å². The molecular formula is C15H23N5O. The summed E-state index contributed by atoms with van der Waals surface area (Å²) >= 11 is 0. The highest BCUT2D eigenvalue weighted by atomic mass is 16.2.